The third kappa shape index (κ3) is 4.52. The molecule has 1 aromatic heterocycles. The van der Waals surface area contributed by atoms with Crippen LogP contribution in [0.5, 0.6) is 0 Å². The van der Waals surface area contributed by atoms with Crippen LogP contribution in [0.4, 0.5) is 0 Å². The standard InChI is InChI=1S/C25H27N5O3/c1-32-28-21-14-22(23-27-24(33-29-23)20-8-5-13-26-15-20)30(16-21)25(31)19-11-9-18(10-12-19)17-6-3-2-4-7-17/h2-4,6-7,9-12,20,22,26H,5,8,13-16H2,1H3/t20-,22-/m0/s1. The van der Waals surface area contributed by atoms with Gasteiger partial charge in [0.1, 0.15) is 13.2 Å². The minimum Gasteiger partial charge on any atom is -0.399 e. The SMILES string of the molecule is CON=C1C[C@@H](c2noc([C@H]3CCCNC3)n2)N(C(=O)c2ccc(-c3ccccc3)cc2)C1. The molecule has 0 saturated carbocycles. The van der Waals surface area contributed by atoms with Gasteiger partial charge >= 0.3 is 0 Å². The minimum atomic E-state index is -0.339. The van der Waals surface area contributed by atoms with Crippen LogP contribution in [0.25, 0.3) is 11.1 Å². The van der Waals surface area contributed by atoms with Crippen LogP contribution in [-0.2, 0) is 4.84 Å². The Balaban J connectivity index is 1.38. The summed E-state index contributed by atoms with van der Waals surface area (Å²) in [4.78, 5) is 24.9. The molecule has 2 aromatic carbocycles. The predicted octanol–water partition coefficient (Wildman–Crippen LogP) is 3.79. The van der Waals surface area contributed by atoms with Crippen molar-refractivity contribution in [3.05, 3.63) is 71.9 Å². The molecule has 2 aliphatic heterocycles. The Morgan fingerprint density at radius 3 is 2.67 bits per heavy atom. The van der Waals surface area contributed by atoms with Gasteiger partial charge in [0.2, 0.25) is 5.89 Å². The van der Waals surface area contributed by atoms with Crippen LogP contribution in [0.3, 0.4) is 0 Å². The van der Waals surface area contributed by atoms with Crippen molar-refractivity contribution in [1.29, 1.82) is 0 Å². The maximum absolute atomic E-state index is 13.5. The van der Waals surface area contributed by atoms with Crippen LogP contribution in [0.1, 0.15) is 53.3 Å². The summed E-state index contributed by atoms with van der Waals surface area (Å²) >= 11 is 0. The Labute approximate surface area is 192 Å². The van der Waals surface area contributed by atoms with Gasteiger partial charge in [-0.3, -0.25) is 4.79 Å². The first kappa shape index (κ1) is 21.3. The fourth-order valence-electron chi connectivity index (χ4n) is 4.56. The van der Waals surface area contributed by atoms with E-state index in [1.165, 1.54) is 7.11 Å². The molecule has 2 saturated heterocycles. The molecule has 1 N–H and O–H groups in total. The van der Waals surface area contributed by atoms with E-state index in [0.717, 1.165) is 42.8 Å². The van der Waals surface area contributed by atoms with E-state index in [9.17, 15) is 4.79 Å². The molecular weight excluding hydrogens is 418 g/mol. The van der Waals surface area contributed by atoms with Crippen molar-refractivity contribution in [2.75, 3.05) is 26.7 Å². The molecule has 3 aromatic rings. The molecule has 0 radical (unpaired) electrons. The lowest BCUT2D eigenvalue weighted by molar-refractivity contribution is 0.0732. The zero-order chi connectivity index (χ0) is 22.6. The van der Waals surface area contributed by atoms with Gasteiger partial charge in [-0.15, -0.1) is 0 Å². The number of benzene rings is 2. The molecular formula is C25H27N5O3. The van der Waals surface area contributed by atoms with E-state index in [1.807, 2.05) is 42.5 Å². The summed E-state index contributed by atoms with van der Waals surface area (Å²) < 4.78 is 5.60. The molecule has 3 heterocycles. The fourth-order valence-corrected chi connectivity index (χ4v) is 4.56. The normalized spacial score (nSPS) is 22.0. The van der Waals surface area contributed by atoms with Crippen LogP contribution < -0.4 is 5.32 Å². The van der Waals surface area contributed by atoms with Gasteiger partial charge in [-0.2, -0.15) is 4.98 Å². The number of aromatic nitrogens is 2. The molecule has 1 amide bonds. The third-order valence-electron chi connectivity index (χ3n) is 6.28. The van der Waals surface area contributed by atoms with Crippen molar-refractivity contribution in [3.8, 4) is 11.1 Å². The number of nitrogens with zero attached hydrogens (tertiary/aromatic N) is 4. The number of hydrogen-bond acceptors (Lipinski definition) is 7. The molecule has 0 spiro atoms. The predicted molar refractivity (Wildman–Crippen MR) is 124 cm³/mol. The first-order valence-corrected chi connectivity index (χ1v) is 11.3. The van der Waals surface area contributed by atoms with E-state index in [4.69, 9.17) is 9.36 Å². The number of carbonyl (C=O) groups is 1. The van der Waals surface area contributed by atoms with E-state index in [2.05, 4.69) is 32.7 Å². The van der Waals surface area contributed by atoms with Gasteiger partial charge < -0.3 is 19.6 Å². The van der Waals surface area contributed by atoms with Gasteiger partial charge in [-0.05, 0) is 42.6 Å². The molecule has 8 nitrogen and oxygen atoms in total. The second kappa shape index (κ2) is 9.54. The van der Waals surface area contributed by atoms with Crippen LogP contribution >= 0.6 is 0 Å². The first-order valence-electron chi connectivity index (χ1n) is 11.3. The highest BCUT2D eigenvalue weighted by molar-refractivity contribution is 6.00. The average Bonchev–Trinajstić information content (AvgIpc) is 3.53. The quantitative estimate of drug-likeness (QED) is 0.601. The number of piperidine rings is 1. The van der Waals surface area contributed by atoms with Gasteiger partial charge in [-0.25, -0.2) is 0 Å². The summed E-state index contributed by atoms with van der Waals surface area (Å²) in [5, 5.41) is 11.7. The molecule has 2 atom stereocenters. The molecule has 170 valence electrons. The lowest BCUT2D eigenvalue weighted by Crippen LogP contribution is -2.32. The summed E-state index contributed by atoms with van der Waals surface area (Å²) in [6, 6.07) is 17.4. The zero-order valence-electron chi connectivity index (χ0n) is 18.6. The smallest absolute Gasteiger partial charge is 0.254 e. The van der Waals surface area contributed by atoms with Gasteiger partial charge in [0, 0.05) is 18.5 Å². The topological polar surface area (TPSA) is 92.8 Å². The molecule has 5 rings (SSSR count). The average molecular weight is 446 g/mol. The number of oxime groups is 1. The highest BCUT2D eigenvalue weighted by Crippen LogP contribution is 2.32. The van der Waals surface area contributed by atoms with Crippen LogP contribution in [0, 0.1) is 0 Å². The van der Waals surface area contributed by atoms with Crippen molar-refractivity contribution in [3.63, 3.8) is 0 Å². The first-order chi connectivity index (χ1) is 16.2. The Bertz CT molecular complexity index is 1120. The Hall–Kier alpha value is -3.52. The summed E-state index contributed by atoms with van der Waals surface area (Å²) in [6.07, 6.45) is 2.62. The lowest BCUT2D eigenvalue weighted by Gasteiger charge is -2.22. The van der Waals surface area contributed by atoms with Crippen molar-refractivity contribution >= 4 is 11.6 Å². The van der Waals surface area contributed by atoms with Gasteiger partial charge in [0.05, 0.1) is 18.2 Å². The van der Waals surface area contributed by atoms with Crippen molar-refractivity contribution in [1.82, 2.24) is 20.4 Å². The number of carbonyl (C=O) groups excluding carboxylic acids is 1. The van der Waals surface area contributed by atoms with Crippen molar-refractivity contribution < 1.29 is 14.2 Å². The van der Waals surface area contributed by atoms with E-state index in [0.29, 0.717) is 30.2 Å². The Morgan fingerprint density at radius 1 is 1.15 bits per heavy atom. The second-order valence-electron chi connectivity index (χ2n) is 8.47. The fraction of sp³-hybridized carbons (Fsp3) is 0.360. The van der Waals surface area contributed by atoms with Crippen LogP contribution in [0.2, 0.25) is 0 Å². The summed E-state index contributed by atoms with van der Waals surface area (Å²) in [5.41, 5.74) is 3.57. The third-order valence-corrected chi connectivity index (χ3v) is 6.28. The molecule has 2 fully saturated rings. The van der Waals surface area contributed by atoms with E-state index >= 15 is 0 Å². The maximum atomic E-state index is 13.5. The zero-order valence-corrected chi connectivity index (χ0v) is 18.6. The largest absolute Gasteiger partial charge is 0.399 e. The van der Waals surface area contributed by atoms with Gasteiger partial charge in [0.15, 0.2) is 5.82 Å². The van der Waals surface area contributed by atoms with Crippen LogP contribution in [0.15, 0.2) is 64.3 Å². The molecule has 0 unspecified atom stereocenters. The lowest BCUT2D eigenvalue weighted by atomic mass is 10.00. The monoisotopic (exact) mass is 445 g/mol. The second-order valence-corrected chi connectivity index (χ2v) is 8.47. The van der Waals surface area contributed by atoms with E-state index in [1.54, 1.807) is 4.90 Å². The Morgan fingerprint density at radius 2 is 1.94 bits per heavy atom. The Kier molecular flexibility index (Phi) is 6.17. The minimum absolute atomic E-state index is 0.0911. The van der Waals surface area contributed by atoms with Gasteiger partial charge in [-0.1, -0.05) is 52.8 Å². The van der Waals surface area contributed by atoms with Crippen molar-refractivity contribution in [2.24, 2.45) is 5.16 Å². The highest BCUT2D eigenvalue weighted by atomic mass is 16.6. The summed E-state index contributed by atoms with van der Waals surface area (Å²) in [5.74, 6) is 1.27. The number of nitrogens with one attached hydrogen (secondary N) is 1. The van der Waals surface area contributed by atoms with E-state index in [-0.39, 0.29) is 17.9 Å². The number of hydrogen-bond donors (Lipinski definition) is 1. The van der Waals surface area contributed by atoms with E-state index < -0.39 is 0 Å². The molecule has 2 aliphatic rings. The number of likely N-dealkylation sites (tertiary alicyclic amines) is 1. The van der Waals surface area contributed by atoms with Crippen molar-refractivity contribution in [2.45, 2.75) is 31.2 Å². The number of rotatable bonds is 5. The van der Waals surface area contributed by atoms with Gasteiger partial charge in [0.25, 0.3) is 5.91 Å². The molecule has 0 bridgehead atoms. The maximum Gasteiger partial charge on any atom is 0.254 e. The molecule has 0 aliphatic carbocycles. The molecule has 33 heavy (non-hydrogen) atoms. The number of amides is 1. The highest BCUT2D eigenvalue weighted by Gasteiger charge is 2.38. The summed E-state index contributed by atoms with van der Waals surface area (Å²) in [7, 11) is 1.51. The molecule has 8 heteroatoms. The summed E-state index contributed by atoms with van der Waals surface area (Å²) in [6.45, 7) is 2.22. The van der Waals surface area contributed by atoms with Crippen LogP contribution in [-0.4, -0.2) is 53.4 Å².